The number of aliphatic imine (C=N–C) groups is 1. The molecule has 29 heavy (non-hydrogen) atoms. The molecular weight excluding hydrogens is 399 g/mol. The molecule has 0 aromatic heterocycles. The molecule has 4 N–H and O–H groups in total. The van der Waals surface area contributed by atoms with Crippen molar-refractivity contribution in [1.29, 1.82) is 0 Å². The van der Waals surface area contributed by atoms with Crippen LogP contribution in [0.5, 0.6) is 0 Å². The van der Waals surface area contributed by atoms with Crippen molar-refractivity contribution in [1.82, 2.24) is 5.32 Å². The molecule has 0 aliphatic carbocycles. The van der Waals surface area contributed by atoms with E-state index in [2.05, 4.69) is 10.3 Å². The first-order valence-corrected chi connectivity index (χ1v) is 11.8. The molecule has 2 aliphatic rings. The molecule has 2 saturated heterocycles. The van der Waals surface area contributed by atoms with Gasteiger partial charge in [-0.1, -0.05) is 6.92 Å². The van der Waals surface area contributed by atoms with Crippen LogP contribution < -0.4 is 5.32 Å². The highest BCUT2D eigenvalue weighted by Gasteiger charge is 2.45. The fourth-order valence-corrected chi connectivity index (χ4v) is 4.76. The molecule has 0 saturated carbocycles. The zero-order valence-corrected chi connectivity index (χ0v) is 18.1. The van der Waals surface area contributed by atoms with Gasteiger partial charge in [-0.05, 0) is 57.2 Å². The van der Waals surface area contributed by atoms with Crippen molar-refractivity contribution in [3.05, 3.63) is 0 Å². The Hall–Kier alpha value is -0.580. The number of carbonyl (C=O) groups is 1. The third-order valence-corrected chi connectivity index (χ3v) is 6.83. The van der Waals surface area contributed by atoms with Crippen LogP contribution in [-0.4, -0.2) is 82.8 Å². The highest BCUT2D eigenvalue weighted by molar-refractivity contribution is 7.99. The second kappa shape index (κ2) is 12.3. The number of amides is 1. The maximum Gasteiger partial charge on any atom is 0.262 e. The van der Waals surface area contributed by atoms with Gasteiger partial charge in [-0.2, -0.15) is 0 Å². The lowest BCUT2D eigenvalue weighted by atomic mass is 9.89. The molecule has 8 atom stereocenters. The van der Waals surface area contributed by atoms with Crippen molar-refractivity contribution in [2.75, 3.05) is 19.5 Å². The van der Waals surface area contributed by atoms with E-state index in [0.29, 0.717) is 31.7 Å². The molecule has 2 aliphatic heterocycles. The largest absolute Gasteiger partial charge is 0.388 e. The average molecular weight is 435 g/mol. The first-order chi connectivity index (χ1) is 13.9. The second-order valence-electron chi connectivity index (χ2n) is 7.94. The normalized spacial score (nSPS) is 37.4. The zero-order chi connectivity index (χ0) is 21.4. The summed E-state index contributed by atoms with van der Waals surface area (Å²) in [5.74, 6) is -0.193. The highest BCUT2D eigenvalue weighted by atomic mass is 32.2. The molecule has 0 aromatic carbocycles. The number of aliphatic hydroxyl groups is 3. The highest BCUT2D eigenvalue weighted by Crippen LogP contribution is 2.31. The number of alkyl halides is 1. The quantitative estimate of drug-likeness (QED) is 0.426. The molecule has 168 valence electrons. The van der Waals surface area contributed by atoms with Gasteiger partial charge in [0, 0.05) is 12.1 Å². The number of nitrogens with zero attached hydrogens (tertiary/aromatic N) is 1. The third kappa shape index (κ3) is 6.70. The van der Waals surface area contributed by atoms with Gasteiger partial charge in [0.05, 0.1) is 18.8 Å². The SMILES string of the molecule is CCC(C=NC(=O)[C@@H]1CC[C@H](CCCF)CCN1)[C@H]1O[C@H](SC)[C@H](O)[C@@H](O)[C@H]1O. The molecule has 1 unspecified atom stereocenters. The minimum Gasteiger partial charge on any atom is -0.388 e. The molecule has 0 bridgehead atoms. The summed E-state index contributed by atoms with van der Waals surface area (Å²) < 4.78 is 18.2. The van der Waals surface area contributed by atoms with Crippen molar-refractivity contribution in [3.63, 3.8) is 0 Å². The summed E-state index contributed by atoms with van der Waals surface area (Å²) in [4.78, 5) is 16.7. The standard InChI is InChI=1S/C20H35FN2O5S/c1-3-13(18-16(25)15(24)17(26)20(28-18)29-2)11-23-19(27)14-7-6-12(5-4-9-21)8-10-22-14/h11-18,20,22,24-26H,3-10H2,1-2H3/t12-,13?,14-,15-,16+,17+,18+,20+/m0/s1. The Morgan fingerprint density at radius 2 is 2.03 bits per heavy atom. The van der Waals surface area contributed by atoms with E-state index in [9.17, 15) is 24.5 Å². The number of aliphatic hydroxyl groups excluding tert-OH is 3. The van der Waals surface area contributed by atoms with E-state index in [-0.39, 0.29) is 24.5 Å². The Labute approximate surface area is 176 Å². The van der Waals surface area contributed by atoms with Crippen LogP contribution in [0.2, 0.25) is 0 Å². The fraction of sp³-hybridized carbons (Fsp3) is 0.900. The Kier molecular flexibility index (Phi) is 10.5. The van der Waals surface area contributed by atoms with Gasteiger partial charge in [-0.15, -0.1) is 11.8 Å². The number of carbonyl (C=O) groups excluding carboxylic acids is 1. The van der Waals surface area contributed by atoms with Crippen LogP contribution in [0, 0.1) is 11.8 Å². The summed E-state index contributed by atoms with van der Waals surface area (Å²) in [5.41, 5.74) is -0.652. The van der Waals surface area contributed by atoms with Crippen LogP contribution in [-0.2, 0) is 9.53 Å². The summed E-state index contributed by atoms with van der Waals surface area (Å²) in [7, 11) is 0. The molecule has 9 heteroatoms. The maximum absolute atomic E-state index is 12.6. The van der Waals surface area contributed by atoms with Gasteiger partial charge in [0.1, 0.15) is 23.7 Å². The van der Waals surface area contributed by atoms with Gasteiger partial charge in [0.25, 0.3) is 5.91 Å². The fourth-order valence-electron chi connectivity index (χ4n) is 4.08. The van der Waals surface area contributed by atoms with E-state index in [1.54, 1.807) is 6.26 Å². The average Bonchev–Trinajstić information content (AvgIpc) is 2.97. The molecule has 0 aromatic rings. The van der Waals surface area contributed by atoms with Crippen molar-refractivity contribution in [2.24, 2.45) is 16.8 Å². The van der Waals surface area contributed by atoms with E-state index in [4.69, 9.17) is 4.74 Å². The summed E-state index contributed by atoms with van der Waals surface area (Å²) >= 11 is 1.26. The molecule has 2 heterocycles. The number of ether oxygens (including phenoxy) is 1. The van der Waals surface area contributed by atoms with Gasteiger partial charge >= 0.3 is 0 Å². The van der Waals surface area contributed by atoms with Crippen molar-refractivity contribution < 1.29 is 29.2 Å². The Bertz CT molecular complexity index is 539. The Morgan fingerprint density at radius 1 is 1.28 bits per heavy atom. The lowest BCUT2D eigenvalue weighted by molar-refractivity contribution is -0.205. The van der Waals surface area contributed by atoms with E-state index in [0.717, 1.165) is 19.3 Å². The summed E-state index contributed by atoms with van der Waals surface area (Å²) in [6.45, 7) is 2.30. The molecular formula is C20H35FN2O5S. The van der Waals surface area contributed by atoms with Crippen molar-refractivity contribution in [3.8, 4) is 0 Å². The van der Waals surface area contributed by atoms with Crippen LogP contribution in [0.4, 0.5) is 4.39 Å². The van der Waals surface area contributed by atoms with Crippen LogP contribution >= 0.6 is 11.8 Å². The molecule has 0 radical (unpaired) electrons. The predicted octanol–water partition coefficient (Wildman–Crippen LogP) is 1.29. The predicted molar refractivity (Wildman–Crippen MR) is 112 cm³/mol. The topological polar surface area (TPSA) is 111 Å². The van der Waals surface area contributed by atoms with Crippen LogP contribution in [0.1, 0.15) is 45.4 Å². The van der Waals surface area contributed by atoms with Gasteiger partial charge in [-0.25, -0.2) is 4.99 Å². The number of hydrogen-bond acceptors (Lipinski definition) is 7. The Morgan fingerprint density at radius 3 is 2.69 bits per heavy atom. The van der Waals surface area contributed by atoms with E-state index < -0.39 is 29.9 Å². The monoisotopic (exact) mass is 434 g/mol. The van der Waals surface area contributed by atoms with Crippen LogP contribution in [0.25, 0.3) is 0 Å². The number of nitrogens with one attached hydrogen (secondary N) is 1. The van der Waals surface area contributed by atoms with Crippen molar-refractivity contribution >= 4 is 23.9 Å². The molecule has 1 amide bonds. The Balaban J connectivity index is 1.96. The first kappa shape index (κ1) is 24.7. The number of halogens is 1. The number of hydrogen-bond donors (Lipinski definition) is 4. The molecule has 0 spiro atoms. The summed E-state index contributed by atoms with van der Waals surface area (Å²) in [6, 6.07) is -0.359. The van der Waals surface area contributed by atoms with E-state index in [1.165, 1.54) is 18.0 Å². The number of thioether (sulfide) groups is 1. The van der Waals surface area contributed by atoms with Gasteiger partial charge < -0.3 is 25.4 Å². The summed E-state index contributed by atoms with van der Waals surface area (Å²) in [5, 5.41) is 33.7. The maximum atomic E-state index is 12.6. The van der Waals surface area contributed by atoms with Crippen LogP contribution in [0.15, 0.2) is 4.99 Å². The lowest BCUT2D eigenvalue weighted by Crippen LogP contribution is -2.58. The lowest BCUT2D eigenvalue weighted by Gasteiger charge is -2.42. The minimum absolute atomic E-state index is 0.262. The molecule has 2 rings (SSSR count). The van der Waals surface area contributed by atoms with Gasteiger partial charge in [0.15, 0.2) is 0 Å². The number of rotatable bonds is 8. The van der Waals surface area contributed by atoms with Gasteiger partial charge in [-0.3, -0.25) is 9.18 Å². The van der Waals surface area contributed by atoms with E-state index in [1.807, 2.05) is 6.92 Å². The van der Waals surface area contributed by atoms with Crippen LogP contribution in [0.3, 0.4) is 0 Å². The second-order valence-corrected chi connectivity index (χ2v) is 8.87. The zero-order valence-electron chi connectivity index (χ0n) is 17.2. The van der Waals surface area contributed by atoms with E-state index >= 15 is 0 Å². The van der Waals surface area contributed by atoms with Crippen molar-refractivity contribution in [2.45, 2.75) is 81.3 Å². The smallest absolute Gasteiger partial charge is 0.262 e. The first-order valence-electron chi connectivity index (χ1n) is 10.5. The van der Waals surface area contributed by atoms with Gasteiger partial charge in [0.2, 0.25) is 0 Å². The molecule has 7 nitrogen and oxygen atoms in total. The minimum atomic E-state index is -1.31. The molecule has 2 fully saturated rings. The third-order valence-electron chi connectivity index (χ3n) is 5.98. The summed E-state index contributed by atoms with van der Waals surface area (Å²) in [6.07, 6.45) is 3.23.